The van der Waals surface area contributed by atoms with E-state index in [1.54, 1.807) is 11.6 Å². The number of likely N-dealkylation sites (N-methyl/N-ethyl adjacent to an activating group) is 1. The van der Waals surface area contributed by atoms with Crippen molar-refractivity contribution in [2.45, 2.75) is 19.9 Å². The van der Waals surface area contributed by atoms with Crippen LogP contribution in [0.25, 0.3) is 11.4 Å². The van der Waals surface area contributed by atoms with Gasteiger partial charge in [0.1, 0.15) is 0 Å². The summed E-state index contributed by atoms with van der Waals surface area (Å²) in [5, 5.41) is 18.1. The van der Waals surface area contributed by atoms with Gasteiger partial charge < -0.3 is 14.9 Å². The monoisotopic (exact) mass is 444 g/mol. The molecule has 33 heavy (non-hydrogen) atoms. The number of carbonyl (C=O) groups excluding carboxylic acids is 2. The lowest BCUT2D eigenvalue weighted by molar-refractivity contribution is -0.857. The van der Waals surface area contributed by atoms with Crippen molar-refractivity contribution in [3.05, 3.63) is 88.8 Å². The Morgan fingerprint density at radius 2 is 1.70 bits per heavy atom. The van der Waals surface area contributed by atoms with Crippen molar-refractivity contribution in [1.82, 2.24) is 14.7 Å². The fraction of sp³-hybridized carbons (Fsp3) is 0.269. The van der Waals surface area contributed by atoms with Crippen LogP contribution in [0, 0.1) is 13.8 Å². The molecule has 0 aliphatic carbocycles. The first-order chi connectivity index (χ1) is 15.8. The highest BCUT2D eigenvalue weighted by Gasteiger charge is 2.44. The molecule has 1 amide bonds. The number of likely N-dealkylation sites (tertiary alicyclic amines) is 1. The van der Waals surface area contributed by atoms with Crippen LogP contribution in [0.4, 0.5) is 0 Å². The molecule has 2 aromatic carbocycles. The largest absolute Gasteiger partial charge is 0.872 e. The molecule has 1 aliphatic rings. The molecule has 1 unspecified atom stereocenters. The van der Waals surface area contributed by atoms with Gasteiger partial charge in [0.25, 0.3) is 5.91 Å². The Bertz CT molecular complexity index is 1210. The molecule has 7 heteroatoms. The van der Waals surface area contributed by atoms with E-state index < -0.39 is 23.5 Å². The molecule has 3 aromatic rings. The van der Waals surface area contributed by atoms with Crippen molar-refractivity contribution in [3.8, 4) is 5.69 Å². The highest BCUT2D eigenvalue weighted by atomic mass is 16.3. The van der Waals surface area contributed by atoms with Crippen molar-refractivity contribution >= 4 is 17.4 Å². The lowest BCUT2D eigenvalue weighted by Gasteiger charge is -2.27. The number of hydrogen-bond acceptors (Lipinski definition) is 4. The van der Waals surface area contributed by atoms with Crippen LogP contribution in [0.2, 0.25) is 0 Å². The second-order valence-corrected chi connectivity index (χ2v) is 8.73. The highest BCUT2D eigenvalue weighted by Crippen LogP contribution is 2.39. The molecule has 1 saturated heterocycles. The number of ketones is 1. The van der Waals surface area contributed by atoms with E-state index in [1.165, 1.54) is 11.1 Å². The van der Waals surface area contributed by atoms with Gasteiger partial charge in [-0.3, -0.25) is 9.59 Å². The van der Waals surface area contributed by atoms with Gasteiger partial charge in [-0.25, -0.2) is 4.68 Å². The number of amides is 1. The maximum Gasteiger partial charge on any atom is 0.295 e. The van der Waals surface area contributed by atoms with Gasteiger partial charge >= 0.3 is 0 Å². The van der Waals surface area contributed by atoms with Gasteiger partial charge in [-0.1, -0.05) is 53.8 Å². The summed E-state index contributed by atoms with van der Waals surface area (Å²) in [7, 11) is 3.97. The maximum absolute atomic E-state index is 13.7. The SMILES string of the molecule is Cc1ccc(C2C(=C([O-])c3cnn(-c4ccccc4)c3C)C(=O)C(=O)N2CC[NH+](C)C)cc1. The summed E-state index contributed by atoms with van der Waals surface area (Å²) in [6.45, 7) is 4.81. The van der Waals surface area contributed by atoms with E-state index in [1.807, 2.05) is 75.6 Å². The number of aryl methyl sites for hydroxylation is 1. The summed E-state index contributed by atoms with van der Waals surface area (Å²) in [4.78, 5) is 28.8. The molecule has 2 heterocycles. The highest BCUT2D eigenvalue weighted by molar-refractivity contribution is 6.46. The summed E-state index contributed by atoms with van der Waals surface area (Å²) >= 11 is 0. The fourth-order valence-electron chi connectivity index (χ4n) is 4.15. The van der Waals surface area contributed by atoms with E-state index in [-0.39, 0.29) is 5.57 Å². The Hall–Kier alpha value is -3.71. The molecular formula is C26H28N4O3. The third-order valence-corrected chi connectivity index (χ3v) is 6.03. The van der Waals surface area contributed by atoms with Crippen LogP contribution in [0.5, 0.6) is 0 Å². The molecule has 0 bridgehead atoms. The molecule has 1 N–H and O–H groups in total. The van der Waals surface area contributed by atoms with Gasteiger partial charge in [0, 0.05) is 16.8 Å². The first-order valence-electron chi connectivity index (χ1n) is 11.0. The van der Waals surface area contributed by atoms with E-state index in [0.29, 0.717) is 24.3 Å². The summed E-state index contributed by atoms with van der Waals surface area (Å²) in [5.41, 5.74) is 3.58. The number of para-hydroxylation sites is 1. The summed E-state index contributed by atoms with van der Waals surface area (Å²) < 4.78 is 1.67. The van der Waals surface area contributed by atoms with Gasteiger partial charge in [0.2, 0.25) is 5.78 Å². The Morgan fingerprint density at radius 3 is 2.33 bits per heavy atom. The minimum atomic E-state index is -0.730. The number of carbonyl (C=O) groups is 2. The number of hydrogen-bond donors (Lipinski definition) is 1. The fourth-order valence-corrected chi connectivity index (χ4v) is 4.15. The normalized spacial score (nSPS) is 17.8. The number of benzene rings is 2. The standard InChI is InChI=1S/C26H28N4O3/c1-17-10-12-19(13-11-17)23-22(25(32)26(33)29(23)15-14-28(3)4)24(31)21-16-27-30(18(21)2)20-8-6-5-7-9-20/h5-13,16,23,31H,14-15H2,1-4H3. The second-order valence-electron chi connectivity index (χ2n) is 8.73. The van der Waals surface area contributed by atoms with Crippen LogP contribution in [-0.2, 0) is 9.59 Å². The van der Waals surface area contributed by atoms with Gasteiger partial charge in [-0.15, -0.1) is 0 Å². The van der Waals surface area contributed by atoms with Crippen molar-refractivity contribution < 1.29 is 19.6 Å². The zero-order chi connectivity index (χ0) is 23.7. The van der Waals surface area contributed by atoms with E-state index in [2.05, 4.69) is 5.10 Å². The Balaban J connectivity index is 1.84. The zero-order valence-electron chi connectivity index (χ0n) is 19.3. The minimum absolute atomic E-state index is 0.00618. The lowest BCUT2D eigenvalue weighted by atomic mass is 9.95. The Morgan fingerprint density at radius 1 is 1.03 bits per heavy atom. The van der Waals surface area contributed by atoms with E-state index in [9.17, 15) is 14.7 Å². The molecule has 0 spiro atoms. The van der Waals surface area contributed by atoms with Crippen LogP contribution in [0.15, 0.2) is 66.4 Å². The molecule has 1 aliphatic heterocycles. The first kappa shape index (κ1) is 22.5. The summed E-state index contributed by atoms with van der Waals surface area (Å²) in [5.74, 6) is -1.80. The lowest BCUT2D eigenvalue weighted by Crippen LogP contribution is -3.06. The molecule has 7 nitrogen and oxygen atoms in total. The topological polar surface area (TPSA) is 82.7 Å². The summed E-state index contributed by atoms with van der Waals surface area (Å²) in [6.07, 6.45) is 1.48. The predicted octanol–water partition coefficient (Wildman–Crippen LogP) is 0.858. The average molecular weight is 445 g/mol. The van der Waals surface area contributed by atoms with Crippen molar-refractivity contribution in [1.29, 1.82) is 0 Å². The zero-order valence-corrected chi connectivity index (χ0v) is 19.3. The molecule has 0 radical (unpaired) electrons. The van der Waals surface area contributed by atoms with E-state index in [4.69, 9.17) is 0 Å². The van der Waals surface area contributed by atoms with Crippen molar-refractivity contribution in [3.63, 3.8) is 0 Å². The van der Waals surface area contributed by atoms with E-state index >= 15 is 0 Å². The number of Topliss-reactive ketones (excluding diaryl/α,β-unsaturated/α-hetero) is 1. The number of quaternary nitrogens is 1. The number of nitrogens with one attached hydrogen (secondary N) is 1. The van der Waals surface area contributed by atoms with E-state index in [0.717, 1.165) is 21.7 Å². The smallest absolute Gasteiger partial charge is 0.295 e. The average Bonchev–Trinajstić information content (AvgIpc) is 3.30. The molecule has 170 valence electrons. The van der Waals surface area contributed by atoms with Crippen LogP contribution < -0.4 is 10.0 Å². The van der Waals surface area contributed by atoms with Gasteiger partial charge in [0.15, 0.2) is 0 Å². The first-order valence-corrected chi connectivity index (χ1v) is 11.0. The number of rotatable bonds is 6. The molecule has 1 atom stereocenters. The van der Waals surface area contributed by atoms with Crippen LogP contribution in [-0.4, -0.2) is 53.6 Å². The predicted molar refractivity (Wildman–Crippen MR) is 124 cm³/mol. The van der Waals surface area contributed by atoms with Crippen molar-refractivity contribution in [2.75, 3.05) is 27.2 Å². The third kappa shape index (κ3) is 4.19. The minimum Gasteiger partial charge on any atom is -0.872 e. The molecule has 1 aromatic heterocycles. The number of aromatic nitrogens is 2. The van der Waals surface area contributed by atoms with Crippen LogP contribution in [0.3, 0.4) is 0 Å². The molecule has 0 saturated carbocycles. The molecule has 4 rings (SSSR count). The quantitative estimate of drug-likeness (QED) is 0.347. The van der Waals surface area contributed by atoms with Gasteiger partial charge in [0.05, 0.1) is 45.1 Å². The summed E-state index contributed by atoms with van der Waals surface area (Å²) in [6, 6.07) is 16.4. The molecular weight excluding hydrogens is 416 g/mol. The third-order valence-electron chi connectivity index (χ3n) is 6.03. The van der Waals surface area contributed by atoms with Crippen LogP contribution >= 0.6 is 0 Å². The Kier molecular flexibility index (Phi) is 6.16. The Labute approximate surface area is 193 Å². The van der Waals surface area contributed by atoms with Crippen LogP contribution in [0.1, 0.15) is 28.4 Å². The van der Waals surface area contributed by atoms with Gasteiger partial charge in [-0.2, -0.15) is 5.10 Å². The second kappa shape index (κ2) is 9.03. The maximum atomic E-state index is 13.7. The molecule has 1 fully saturated rings. The van der Waals surface area contributed by atoms with Gasteiger partial charge in [-0.05, 0) is 31.5 Å². The van der Waals surface area contributed by atoms with Crippen molar-refractivity contribution in [2.24, 2.45) is 0 Å². The number of nitrogens with zero attached hydrogens (tertiary/aromatic N) is 3.